The molecule has 7 heteroatoms. The second-order valence-corrected chi connectivity index (χ2v) is 7.15. The van der Waals surface area contributed by atoms with E-state index in [-0.39, 0.29) is 18.9 Å². The summed E-state index contributed by atoms with van der Waals surface area (Å²) in [4.78, 5) is 31.1. The van der Waals surface area contributed by atoms with Crippen LogP contribution in [0.4, 0.5) is 0 Å². The summed E-state index contributed by atoms with van der Waals surface area (Å²) in [5.41, 5.74) is 1.40. The Bertz CT molecular complexity index is 919. The summed E-state index contributed by atoms with van der Waals surface area (Å²) in [5, 5.41) is 11.3. The van der Waals surface area contributed by atoms with Crippen LogP contribution in [0.2, 0.25) is 0 Å². The first-order chi connectivity index (χ1) is 13.0. The molecule has 6 nitrogen and oxygen atoms in total. The molecule has 2 aromatic heterocycles. The van der Waals surface area contributed by atoms with Crippen LogP contribution in [0.5, 0.6) is 0 Å². The molecule has 3 aromatic rings. The molecule has 0 bridgehead atoms. The fraction of sp³-hybridized carbons (Fsp3) is 0.250. The lowest BCUT2D eigenvalue weighted by atomic mass is 10.1. The van der Waals surface area contributed by atoms with Crippen LogP contribution in [0.3, 0.4) is 0 Å². The zero-order valence-corrected chi connectivity index (χ0v) is 15.9. The Hall–Kier alpha value is -2.93. The summed E-state index contributed by atoms with van der Waals surface area (Å²) in [6, 6.07) is 12.2. The van der Waals surface area contributed by atoms with E-state index in [1.165, 1.54) is 23.2 Å². The maximum absolute atomic E-state index is 12.9. The molecule has 0 aliphatic rings. The number of benzene rings is 1. The maximum atomic E-state index is 12.9. The van der Waals surface area contributed by atoms with Gasteiger partial charge in [-0.2, -0.15) is 0 Å². The Morgan fingerprint density at radius 1 is 1.22 bits per heavy atom. The molecule has 1 aromatic carbocycles. The van der Waals surface area contributed by atoms with E-state index in [2.05, 4.69) is 4.98 Å². The van der Waals surface area contributed by atoms with E-state index in [1.54, 1.807) is 6.92 Å². The van der Waals surface area contributed by atoms with Crippen LogP contribution in [0.15, 0.2) is 52.3 Å². The Kier molecular flexibility index (Phi) is 5.71. The fourth-order valence-corrected chi connectivity index (χ4v) is 3.35. The molecule has 0 fully saturated rings. The molecule has 27 heavy (non-hydrogen) atoms. The van der Waals surface area contributed by atoms with Gasteiger partial charge in [0.1, 0.15) is 11.8 Å². The number of carboxylic acid groups (broad SMARTS) is 1. The number of amides is 1. The molecule has 0 aliphatic carbocycles. The number of oxazole rings is 1. The first-order valence-electron chi connectivity index (χ1n) is 8.52. The van der Waals surface area contributed by atoms with Crippen LogP contribution < -0.4 is 0 Å². The van der Waals surface area contributed by atoms with Crippen LogP contribution in [0.25, 0.3) is 10.8 Å². The molecule has 0 spiro atoms. The molecular weight excluding hydrogens is 364 g/mol. The van der Waals surface area contributed by atoms with Gasteiger partial charge >= 0.3 is 5.97 Å². The third kappa shape index (κ3) is 4.43. The number of nitrogens with zero attached hydrogens (tertiary/aromatic N) is 2. The lowest BCUT2D eigenvalue weighted by Crippen LogP contribution is -2.43. The van der Waals surface area contributed by atoms with Gasteiger partial charge in [0.2, 0.25) is 11.8 Å². The first-order valence-corrected chi connectivity index (χ1v) is 9.40. The number of hydrogen-bond acceptors (Lipinski definition) is 5. The third-order valence-corrected chi connectivity index (χ3v) is 5.14. The molecule has 1 atom stereocenters. The van der Waals surface area contributed by atoms with Crippen LogP contribution in [0.1, 0.15) is 23.9 Å². The van der Waals surface area contributed by atoms with Crippen molar-refractivity contribution in [3.8, 4) is 10.8 Å². The molecule has 140 valence electrons. The first kappa shape index (κ1) is 18.8. The molecule has 0 radical (unpaired) electrons. The van der Waals surface area contributed by atoms with Crippen molar-refractivity contribution in [2.24, 2.45) is 0 Å². The molecular formula is C20H20N2O4S. The predicted octanol–water partition coefficient (Wildman–Crippen LogP) is 3.76. The molecule has 1 N–H and O–H groups in total. The molecule has 3 rings (SSSR count). The highest BCUT2D eigenvalue weighted by atomic mass is 32.1. The van der Waals surface area contributed by atoms with Gasteiger partial charge in [-0.3, -0.25) is 4.79 Å². The molecule has 0 saturated carbocycles. The van der Waals surface area contributed by atoms with Crippen LogP contribution >= 0.6 is 11.3 Å². The van der Waals surface area contributed by atoms with Crippen LogP contribution in [-0.4, -0.2) is 32.9 Å². The number of aromatic nitrogens is 1. The van der Waals surface area contributed by atoms with Crippen LogP contribution in [-0.2, 0) is 22.6 Å². The second-order valence-electron chi connectivity index (χ2n) is 6.20. The molecule has 1 amide bonds. The molecule has 0 saturated heterocycles. The van der Waals surface area contributed by atoms with Crippen molar-refractivity contribution in [1.29, 1.82) is 0 Å². The standard InChI is InChI=1S/C20H20N2O4S/c1-13(20(24)25)22(12-15-7-4-3-5-8-15)18(23)11-16-14(2)26-19(21-16)17-9-6-10-27-17/h3-10,13H,11-12H2,1-2H3,(H,24,25). The Morgan fingerprint density at radius 2 is 1.96 bits per heavy atom. The van der Waals surface area contributed by atoms with Crippen molar-refractivity contribution in [3.63, 3.8) is 0 Å². The van der Waals surface area contributed by atoms with Gasteiger partial charge < -0.3 is 14.4 Å². The predicted molar refractivity (Wildman–Crippen MR) is 102 cm³/mol. The summed E-state index contributed by atoms with van der Waals surface area (Å²) in [5.74, 6) is -0.307. The second kappa shape index (κ2) is 8.18. The smallest absolute Gasteiger partial charge is 0.326 e. The van der Waals surface area contributed by atoms with E-state index in [4.69, 9.17) is 4.42 Å². The SMILES string of the molecule is Cc1oc(-c2cccs2)nc1CC(=O)N(Cc1ccccc1)C(C)C(=O)O. The number of carbonyl (C=O) groups is 2. The largest absolute Gasteiger partial charge is 0.480 e. The Balaban J connectivity index is 1.81. The highest BCUT2D eigenvalue weighted by Gasteiger charge is 2.27. The highest BCUT2D eigenvalue weighted by molar-refractivity contribution is 7.13. The highest BCUT2D eigenvalue weighted by Crippen LogP contribution is 2.26. The van der Waals surface area contributed by atoms with Gasteiger partial charge in [0, 0.05) is 6.54 Å². The van der Waals surface area contributed by atoms with E-state index in [0.717, 1.165) is 10.4 Å². The zero-order chi connectivity index (χ0) is 19.4. The van der Waals surface area contributed by atoms with E-state index >= 15 is 0 Å². The zero-order valence-electron chi connectivity index (χ0n) is 15.1. The van der Waals surface area contributed by atoms with Gasteiger partial charge in [0.05, 0.1) is 17.0 Å². The number of carbonyl (C=O) groups excluding carboxylic acids is 1. The third-order valence-electron chi connectivity index (χ3n) is 4.28. The van der Waals surface area contributed by atoms with E-state index < -0.39 is 12.0 Å². The van der Waals surface area contributed by atoms with Crippen LogP contribution in [0, 0.1) is 6.92 Å². The molecule has 2 heterocycles. The van der Waals surface area contributed by atoms with Crippen molar-refractivity contribution in [2.45, 2.75) is 32.9 Å². The van der Waals surface area contributed by atoms with Gasteiger partial charge in [-0.25, -0.2) is 9.78 Å². The summed E-state index contributed by atoms with van der Waals surface area (Å²) in [6.07, 6.45) is -0.00877. The summed E-state index contributed by atoms with van der Waals surface area (Å²) in [6.45, 7) is 3.49. The minimum Gasteiger partial charge on any atom is -0.480 e. The van der Waals surface area contributed by atoms with Crippen molar-refractivity contribution in [3.05, 3.63) is 64.9 Å². The lowest BCUT2D eigenvalue weighted by molar-refractivity contribution is -0.149. The summed E-state index contributed by atoms with van der Waals surface area (Å²) < 4.78 is 5.68. The van der Waals surface area contributed by atoms with Gasteiger partial charge in [0.15, 0.2) is 0 Å². The Morgan fingerprint density at radius 3 is 2.59 bits per heavy atom. The quantitative estimate of drug-likeness (QED) is 0.671. The van der Waals surface area contributed by atoms with Gasteiger partial charge in [-0.1, -0.05) is 36.4 Å². The summed E-state index contributed by atoms with van der Waals surface area (Å²) >= 11 is 1.50. The summed E-state index contributed by atoms with van der Waals surface area (Å²) in [7, 11) is 0. The number of hydrogen-bond donors (Lipinski definition) is 1. The van der Waals surface area contributed by atoms with E-state index in [1.807, 2.05) is 47.8 Å². The molecule has 0 aliphatic heterocycles. The van der Waals surface area contributed by atoms with Crippen molar-refractivity contribution >= 4 is 23.2 Å². The normalized spacial score (nSPS) is 11.9. The van der Waals surface area contributed by atoms with Gasteiger partial charge in [-0.15, -0.1) is 11.3 Å². The van der Waals surface area contributed by atoms with E-state index in [0.29, 0.717) is 17.3 Å². The number of thiophene rings is 1. The monoisotopic (exact) mass is 384 g/mol. The van der Waals surface area contributed by atoms with Crippen molar-refractivity contribution in [1.82, 2.24) is 9.88 Å². The van der Waals surface area contributed by atoms with Gasteiger partial charge in [0.25, 0.3) is 0 Å². The van der Waals surface area contributed by atoms with Crippen molar-refractivity contribution < 1.29 is 19.1 Å². The minimum atomic E-state index is -1.05. The number of aryl methyl sites for hydroxylation is 1. The fourth-order valence-electron chi connectivity index (χ4n) is 2.70. The topological polar surface area (TPSA) is 83.6 Å². The number of carboxylic acids is 1. The average molecular weight is 384 g/mol. The van der Waals surface area contributed by atoms with E-state index in [9.17, 15) is 14.7 Å². The minimum absolute atomic E-state index is 0.00877. The van der Waals surface area contributed by atoms with Crippen molar-refractivity contribution in [2.75, 3.05) is 0 Å². The number of aliphatic carboxylic acids is 1. The van der Waals surface area contributed by atoms with Gasteiger partial charge in [-0.05, 0) is 30.9 Å². The maximum Gasteiger partial charge on any atom is 0.326 e. The number of rotatable bonds is 7. The lowest BCUT2D eigenvalue weighted by Gasteiger charge is -2.26. The Labute approximate surface area is 161 Å². The average Bonchev–Trinajstić information content (AvgIpc) is 3.30. The molecule has 1 unspecified atom stereocenters.